The van der Waals surface area contributed by atoms with Crippen molar-refractivity contribution in [1.82, 2.24) is 18.5 Å². The van der Waals surface area contributed by atoms with Crippen LogP contribution in [0.2, 0.25) is 0 Å². The maximum absolute atomic E-state index is 13.4. The summed E-state index contributed by atoms with van der Waals surface area (Å²) in [5.74, 6) is -0.143. The van der Waals surface area contributed by atoms with E-state index in [9.17, 15) is 35.0 Å². The lowest BCUT2D eigenvalue weighted by molar-refractivity contribution is -0.384. The highest BCUT2D eigenvalue weighted by Gasteiger charge is 2.28. The maximum Gasteiger partial charge on any atom is 0.363 e. The quantitative estimate of drug-likeness (QED) is 0.138. The zero-order valence-electron chi connectivity index (χ0n) is 19.7. The van der Waals surface area contributed by atoms with Crippen molar-refractivity contribution in [2.75, 3.05) is 6.61 Å². The molecule has 2 aliphatic heterocycles. The molecule has 0 aliphatic carbocycles. The second-order valence-corrected chi connectivity index (χ2v) is 9.48. The average molecular weight is 530 g/mol. The van der Waals surface area contributed by atoms with Crippen LogP contribution in [0.5, 0.6) is 0 Å². The molecule has 4 rings (SSSR count). The first-order valence-electron chi connectivity index (χ1n) is 11.0. The van der Waals surface area contributed by atoms with Gasteiger partial charge in [0.15, 0.2) is 11.5 Å². The summed E-state index contributed by atoms with van der Waals surface area (Å²) in [6.45, 7) is 2.53. The second-order valence-electron chi connectivity index (χ2n) is 8.46. The standard InChI is InChI=1S/C23H23N5O8S/c1-11-7-15-16(8-12(11)2)26(9-17(30)20(32)18(31)10-29)21-19(24-15)22(33)27(23(34)25-21)37-14-5-3-13(4-6-14)28(35)36/h3-8,17-18,20,29-32H,9-10H2,1-2H3/t17-,18-,20+/m0/s1. The zero-order chi connectivity index (χ0) is 27.0. The number of nitro benzene ring substituents is 1. The molecule has 0 spiro atoms. The molecule has 4 N–H and O–H groups in total. The van der Waals surface area contributed by atoms with Crippen LogP contribution in [0, 0.1) is 24.0 Å². The Hall–Kier alpha value is -3.69. The molecule has 0 saturated heterocycles. The van der Waals surface area contributed by atoms with Crippen molar-refractivity contribution in [3.63, 3.8) is 0 Å². The van der Waals surface area contributed by atoms with Gasteiger partial charge in [0, 0.05) is 29.0 Å². The number of nitro groups is 1. The van der Waals surface area contributed by atoms with Crippen LogP contribution in [0.3, 0.4) is 0 Å². The van der Waals surface area contributed by atoms with Crippen LogP contribution in [0.25, 0.3) is 22.6 Å². The van der Waals surface area contributed by atoms with E-state index in [0.29, 0.717) is 15.9 Å². The van der Waals surface area contributed by atoms with Gasteiger partial charge in [-0.25, -0.2) is 9.78 Å². The number of nitrogens with zero attached hydrogens (tertiary/aromatic N) is 5. The zero-order valence-corrected chi connectivity index (χ0v) is 20.5. The molecule has 13 nitrogen and oxygen atoms in total. The summed E-state index contributed by atoms with van der Waals surface area (Å²) >= 11 is 0.726. The second kappa shape index (κ2) is 10.4. The minimum absolute atomic E-state index is 0.143. The molecule has 0 aromatic heterocycles. The number of aryl methyl sites for hydroxylation is 2. The van der Waals surface area contributed by atoms with E-state index < -0.39 is 41.1 Å². The Bertz CT molecular complexity index is 1570. The van der Waals surface area contributed by atoms with Crippen molar-refractivity contribution in [3.05, 3.63) is 78.5 Å². The summed E-state index contributed by atoms with van der Waals surface area (Å²) in [7, 11) is 0. The number of non-ortho nitro benzene ring substituents is 1. The van der Waals surface area contributed by atoms with Gasteiger partial charge in [0.2, 0.25) is 0 Å². The monoisotopic (exact) mass is 529 g/mol. The van der Waals surface area contributed by atoms with Crippen molar-refractivity contribution >= 4 is 28.7 Å². The van der Waals surface area contributed by atoms with E-state index in [0.717, 1.165) is 27.0 Å². The molecule has 0 unspecified atom stereocenters. The number of hydrogen-bond acceptors (Lipinski definition) is 11. The third-order valence-corrected chi connectivity index (χ3v) is 6.92. The van der Waals surface area contributed by atoms with Gasteiger partial charge >= 0.3 is 5.69 Å². The molecule has 0 fully saturated rings. The van der Waals surface area contributed by atoms with Crippen molar-refractivity contribution < 1.29 is 25.3 Å². The summed E-state index contributed by atoms with van der Waals surface area (Å²) in [4.78, 5) is 45.5. The molecule has 0 saturated carbocycles. The van der Waals surface area contributed by atoms with Gasteiger partial charge in [0.25, 0.3) is 11.2 Å². The first-order chi connectivity index (χ1) is 17.5. The SMILES string of the molecule is Cc1cc2nc3c(=O)n(Sc4ccc([N+](=O)[O-])cc4)c(=O)nc-3n(C[C@H](O)[C@@H](O)[C@@H](O)CO)c2cc1C. The summed E-state index contributed by atoms with van der Waals surface area (Å²) in [6.07, 6.45) is -4.92. The normalized spacial score (nSPS) is 14.1. The smallest absolute Gasteiger partial charge is 0.363 e. The van der Waals surface area contributed by atoms with Gasteiger partial charge in [-0.3, -0.25) is 14.9 Å². The van der Waals surface area contributed by atoms with Gasteiger partial charge in [-0.15, -0.1) is 0 Å². The molecule has 2 heterocycles. The van der Waals surface area contributed by atoms with Gasteiger partial charge in [-0.1, -0.05) is 0 Å². The molecule has 2 aromatic rings. The van der Waals surface area contributed by atoms with Crippen LogP contribution < -0.4 is 11.2 Å². The fourth-order valence-electron chi connectivity index (χ4n) is 3.74. The lowest BCUT2D eigenvalue weighted by Gasteiger charge is -2.25. The van der Waals surface area contributed by atoms with Gasteiger partial charge < -0.3 is 25.0 Å². The number of aliphatic hydroxyl groups excluding tert-OH is 4. The van der Waals surface area contributed by atoms with E-state index in [1.54, 1.807) is 12.1 Å². The van der Waals surface area contributed by atoms with Crippen molar-refractivity contribution in [3.8, 4) is 11.5 Å². The van der Waals surface area contributed by atoms with E-state index in [2.05, 4.69) is 9.97 Å². The van der Waals surface area contributed by atoms with Gasteiger partial charge in [-0.2, -0.15) is 8.96 Å². The molecule has 2 aromatic carbocycles. The number of aromatic nitrogens is 4. The molecule has 0 radical (unpaired) electrons. The van der Waals surface area contributed by atoms with E-state index >= 15 is 0 Å². The summed E-state index contributed by atoms with van der Waals surface area (Å²) in [5, 5.41) is 50.5. The largest absolute Gasteiger partial charge is 0.394 e. The third kappa shape index (κ3) is 5.10. The highest BCUT2D eigenvalue weighted by Crippen LogP contribution is 2.26. The predicted octanol–water partition coefficient (Wildman–Crippen LogP) is 0.213. The first-order valence-corrected chi connectivity index (χ1v) is 11.8. The fourth-order valence-corrected chi connectivity index (χ4v) is 4.50. The number of aliphatic hydroxyl groups is 4. The predicted molar refractivity (Wildman–Crippen MR) is 134 cm³/mol. The van der Waals surface area contributed by atoms with Gasteiger partial charge in [-0.05, 0) is 49.2 Å². The molecular formula is C23H23N5O8S. The molecule has 194 valence electrons. The number of rotatable bonds is 8. The van der Waals surface area contributed by atoms with Gasteiger partial charge in [0.05, 0.1) is 29.1 Å². The molecule has 14 heteroatoms. The van der Waals surface area contributed by atoms with Crippen LogP contribution >= 0.6 is 11.9 Å². The summed E-state index contributed by atoms with van der Waals surface area (Å²) in [6, 6.07) is 8.73. The van der Waals surface area contributed by atoms with Crippen LogP contribution in [-0.4, -0.2) is 68.8 Å². The number of benzene rings is 2. The fraction of sp³-hybridized carbons (Fsp3) is 0.304. The van der Waals surface area contributed by atoms with E-state index in [1.165, 1.54) is 28.8 Å². The van der Waals surface area contributed by atoms with E-state index in [4.69, 9.17) is 5.11 Å². The highest BCUT2D eigenvalue weighted by atomic mass is 32.2. The Morgan fingerprint density at radius 3 is 2.30 bits per heavy atom. The Balaban J connectivity index is 1.89. The lowest BCUT2D eigenvalue weighted by atomic mass is 10.1. The summed E-state index contributed by atoms with van der Waals surface area (Å²) in [5.41, 5.74) is 0.449. The van der Waals surface area contributed by atoms with Crippen molar-refractivity contribution in [2.24, 2.45) is 0 Å². The number of fused-ring (bicyclic) bond motifs is 2. The number of hydrogen-bond donors (Lipinski definition) is 4. The molecule has 0 amide bonds. The Morgan fingerprint density at radius 2 is 1.68 bits per heavy atom. The average Bonchev–Trinajstić information content (AvgIpc) is 2.87. The molecular weight excluding hydrogens is 506 g/mol. The molecule has 0 bridgehead atoms. The van der Waals surface area contributed by atoms with Gasteiger partial charge in [0.1, 0.15) is 18.3 Å². The van der Waals surface area contributed by atoms with E-state index in [1.807, 2.05) is 13.8 Å². The lowest BCUT2D eigenvalue weighted by Crippen LogP contribution is -2.42. The highest BCUT2D eigenvalue weighted by molar-refractivity contribution is 7.97. The minimum Gasteiger partial charge on any atom is -0.394 e. The first kappa shape index (κ1) is 26.4. The van der Waals surface area contributed by atoms with Crippen LogP contribution in [-0.2, 0) is 6.54 Å². The molecule has 3 atom stereocenters. The van der Waals surface area contributed by atoms with Crippen molar-refractivity contribution in [2.45, 2.75) is 43.6 Å². The summed E-state index contributed by atoms with van der Waals surface area (Å²) < 4.78 is 2.14. The van der Waals surface area contributed by atoms with Crippen molar-refractivity contribution in [1.29, 1.82) is 0 Å². The minimum atomic E-state index is -1.72. The topological polar surface area (TPSA) is 194 Å². The molecule has 37 heavy (non-hydrogen) atoms. The van der Waals surface area contributed by atoms with Crippen LogP contribution in [0.1, 0.15) is 11.1 Å². The maximum atomic E-state index is 13.4. The Labute approximate surface area is 212 Å². The van der Waals surface area contributed by atoms with Crippen LogP contribution in [0.4, 0.5) is 5.69 Å². The molecule has 2 aliphatic rings. The third-order valence-electron chi connectivity index (χ3n) is 5.93. The van der Waals surface area contributed by atoms with E-state index in [-0.39, 0.29) is 23.8 Å². The van der Waals surface area contributed by atoms with Crippen LogP contribution in [0.15, 0.2) is 50.9 Å². The Morgan fingerprint density at radius 1 is 1.03 bits per heavy atom. The Kier molecular flexibility index (Phi) is 7.38.